The Kier molecular flexibility index (Phi) is 8.99. The third-order valence-electron chi connectivity index (χ3n) is 6.82. The number of amides is 1. The monoisotopic (exact) mass is 661 g/mol. The molecule has 3 aromatic carbocycles. The first-order valence-electron chi connectivity index (χ1n) is 13.3. The van der Waals surface area contributed by atoms with Crippen molar-refractivity contribution in [3.05, 3.63) is 128 Å². The maximum absolute atomic E-state index is 13.7. The van der Waals surface area contributed by atoms with E-state index >= 15 is 0 Å². The smallest absolute Gasteiger partial charge is 0.296 e. The van der Waals surface area contributed by atoms with Gasteiger partial charge in [-0.3, -0.25) is 14.5 Å². The minimum absolute atomic E-state index is 0.0389. The lowest BCUT2D eigenvalue weighted by atomic mass is 9.95. The molecule has 0 saturated heterocycles. The van der Waals surface area contributed by atoms with Gasteiger partial charge in [-0.1, -0.05) is 89.3 Å². The Morgan fingerprint density at radius 2 is 1.80 bits per heavy atom. The van der Waals surface area contributed by atoms with Crippen molar-refractivity contribution in [2.45, 2.75) is 22.7 Å². The van der Waals surface area contributed by atoms with Gasteiger partial charge in [-0.25, -0.2) is 0 Å². The molecule has 1 N–H and O–H groups in total. The minimum atomic E-state index is -0.976. The van der Waals surface area contributed by atoms with Crippen LogP contribution in [0.4, 0.5) is 5.13 Å². The van der Waals surface area contributed by atoms with Gasteiger partial charge in [0.15, 0.2) is 21.6 Å². The van der Waals surface area contributed by atoms with Crippen molar-refractivity contribution in [3.63, 3.8) is 0 Å². The summed E-state index contributed by atoms with van der Waals surface area (Å²) >= 11 is 9.90. The van der Waals surface area contributed by atoms with Gasteiger partial charge in [0.1, 0.15) is 6.61 Å². The number of ether oxygens (including phenoxy) is 2. The third kappa shape index (κ3) is 6.22. The van der Waals surface area contributed by atoms with E-state index in [1.54, 1.807) is 35.7 Å². The SMILES string of the molecule is COc1cc(C2C(C(=O)c3cccs3)=C(O)C(=O)N2c2nnc(SCc3ccc(Cl)cc3)s2)ccc1OCc1ccccc1. The molecule has 0 spiro atoms. The van der Waals surface area contributed by atoms with Gasteiger partial charge >= 0.3 is 0 Å². The largest absolute Gasteiger partial charge is 0.503 e. The fraction of sp³-hybridized carbons (Fsp3) is 0.125. The molecule has 3 heterocycles. The molecule has 1 aliphatic rings. The molecule has 0 fully saturated rings. The standard InChI is InChI=1S/C32H24ClN3O5S3/c1-40-24-16-21(11-14-23(24)41-17-19-6-3-2-4-7-19)27-26(28(37)25-8-5-15-42-25)29(38)30(39)36(27)31-34-35-32(44-31)43-18-20-9-12-22(33)13-10-20/h2-16,27,38H,17-18H2,1H3. The zero-order chi connectivity index (χ0) is 30.6. The van der Waals surface area contributed by atoms with Crippen molar-refractivity contribution in [3.8, 4) is 11.5 Å². The molecule has 1 unspecified atom stereocenters. The van der Waals surface area contributed by atoms with E-state index in [1.165, 1.54) is 46.4 Å². The van der Waals surface area contributed by atoms with Crippen LogP contribution in [-0.4, -0.2) is 34.1 Å². The zero-order valence-electron chi connectivity index (χ0n) is 23.2. The Hall–Kier alpha value is -4.16. The number of benzene rings is 3. The zero-order valence-corrected chi connectivity index (χ0v) is 26.4. The number of thiophene rings is 1. The van der Waals surface area contributed by atoms with Crippen LogP contribution in [0, 0.1) is 0 Å². The molecular formula is C32H24ClN3O5S3. The van der Waals surface area contributed by atoms with Crippen LogP contribution in [0.3, 0.4) is 0 Å². The molecule has 44 heavy (non-hydrogen) atoms. The summed E-state index contributed by atoms with van der Waals surface area (Å²) in [6.45, 7) is 0.328. The van der Waals surface area contributed by atoms with Gasteiger partial charge in [-0.15, -0.1) is 21.5 Å². The van der Waals surface area contributed by atoms with E-state index in [0.717, 1.165) is 11.1 Å². The number of carbonyl (C=O) groups excluding carboxylic acids is 2. The molecule has 0 radical (unpaired) electrons. The lowest BCUT2D eigenvalue weighted by Gasteiger charge is -2.24. The van der Waals surface area contributed by atoms with E-state index in [2.05, 4.69) is 10.2 Å². The maximum atomic E-state index is 13.7. The van der Waals surface area contributed by atoms with Crippen LogP contribution in [0.25, 0.3) is 0 Å². The average Bonchev–Trinajstić information content (AvgIpc) is 3.81. The van der Waals surface area contributed by atoms with Gasteiger partial charge in [0.25, 0.3) is 5.91 Å². The molecule has 0 saturated carbocycles. The first-order chi connectivity index (χ1) is 21.4. The number of ketones is 1. The van der Waals surface area contributed by atoms with E-state index in [4.69, 9.17) is 21.1 Å². The number of carbonyl (C=O) groups is 2. The topological polar surface area (TPSA) is 102 Å². The summed E-state index contributed by atoms with van der Waals surface area (Å²) in [4.78, 5) is 29.0. The summed E-state index contributed by atoms with van der Waals surface area (Å²) in [7, 11) is 1.52. The van der Waals surface area contributed by atoms with Crippen molar-refractivity contribution in [2.24, 2.45) is 0 Å². The summed E-state index contributed by atoms with van der Waals surface area (Å²) in [5, 5.41) is 22.4. The van der Waals surface area contributed by atoms with Crippen molar-refractivity contribution < 1.29 is 24.2 Å². The van der Waals surface area contributed by atoms with E-state index in [1.807, 2.05) is 54.6 Å². The molecule has 0 bridgehead atoms. The number of aliphatic hydroxyl groups excluding tert-OH is 1. The summed E-state index contributed by atoms with van der Waals surface area (Å²) < 4.78 is 12.3. The van der Waals surface area contributed by atoms with Crippen LogP contribution in [0.2, 0.25) is 5.02 Å². The highest BCUT2D eigenvalue weighted by Gasteiger charge is 2.46. The molecule has 2 aromatic heterocycles. The van der Waals surface area contributed by atoms with Crippen LogP contribution < -0.4 is 14.4 Å². The lowest BCUT2D eigenvalue weighted by molar-refractivity contribution is -0.117. The van der Waals surface area contributed by atoms with E-state index < -0.39 is 23.5 Å². The molecule has 1 atom stereocenters. The number of methoxy groups -OCH3 is 1. The highest BCUT2D eigenvalue weighted by Crippen LogP contribution is 2.46. The van der Waals surface area contributed by atoms with Crippen molar-refractivity contribution in [1.29, 1.82) is 0 Å². The number of rotatable bonds is 11. The van der Waals surface area contributed by atoms with E-state index in [-0.39, 0.29) is 10.7 Å². The van der Waals surface area contributed by atoms with Crippen LogP contribution in [0.15, 0.2) is 106 Å². The predicted octanol–water partition coefficient (Wildman–Crippen LogP) is 7.92. The Morgan fingerprint density at radius 1 is 1.00 bits per heavy atom. The van der Waals surface area contributed by atoms with Gasteiger partial charge in [-0.2, -0.15) is 0 Å². The third-order valence-corrected chi connectivity index (χ3v) is 10.1. The molecule has 5 aromatic rings. The Morgan fingerprint density at radius 3 is 2.52 bits per heavy atom. The van der Waals surface area contributed by atoms with E-state index in [9.17, 15) is 14.7 Å². The molecule has 1 aliphatic heterocycles. The van der Waals surface area contributed by atoms with E-state index in [0.29, 0.717) is 43.7 Å². The van der Waals surface area contributed by atoms with Crippen molar-refractivity contribution in [2.75, 3.05) is 12.0 Å². The number of hydrogen-bond acceptors (Lipinski definition) is 10. The Labute approximate surface area is 270 Å². The number of aliphatic hydroxyl groups is 1. The second-order valence-corrected chi connectivity index (χ2v) is 13.2. The summed E-state index contributed by atoms with van der Waals surface area (Å²) in [6.07, 6.45) is 0. The van der Waals surface area contributed by atoms with Crippen molar-refractivity contribution >= 4 is 62.9 Å². The fourth-order valence-electron chi connectivity index (χ4n) is 4.68. The number of Topliss-reactive ketones (excluding diaryl/α,β-unsaturated/α-hetero) is 1. The molecule has 0 aliphatic carbocycles. The highest BCUT2D eigenvalue weighted by atomic mass is 35.5. The van der Waals surface area contributed by atoms with Crippen LogP contribution in [-0.2, 0) is 17.2 Å². The molecule has 12 heteroatoms. The second kappa shape index (κ2) is 13.2. The Bertz CT molecular complexity index is 1830. The molecule has 8 nitrogen and oxygen atoms in total. The van der Waals surface area contributed by atoms with Gasteiger partial charge in [0, 0.05) is 10.8 Å². The number of anilines is 1. The fourth-order valence-corrected chi connectivity index (χ4v) is 7.31. The number of halogens is 1. The van der Waals surface area contributed by atoms with Crippen molar-refractivity contribution in [1.82, 2.24) is 10.2 Å². The number of thioether (sulfide) groups is 1. The molecule has 222 valence electrons. The molecule has 1 amide bonds. The van der Waals surface area contributed by atoms with Gasteiger partial charge in [-0.05, 0) is 52.4 Å². The number of hydrogen-bond donors (Lipinski definition) is 1. The van der Waals surface area contributed by atoms with Crippen LogP contribution in [0.1, 0.15) is 32.4 Å². The first kappa shape index (κ1) is 29.9. The van der Waals surface area contributed by atoms with Gasteiger partial charge in [0.2, 0.25) is 10.9 Å². The van der Waals surface area contributed by atoms with Gasteiger partial charge < -0.3 is 14.6 Å². The maximum Gasteiger partial charge on any atom is 0.296 e. The quantitative estimate of drug-likeness (QED) is 0.0866. The highest BCUT2D eigenvalue weighted by molar-refractivity contribution is 8.00. The molecule has 6 rings (SSSR count). The lowest BCUT2D eigenvalue weighted by Crippen LogP contribution is -2.31. The normalized spacial score (nSPS) is 14.7. The summed E-state index contributed by atoms with van der Waals surface area (Å²) in [5.41, 5.74) is 2.54. The molecular weight excluding hydrogens is 638 g/mol. The second-order valence-electron chi connectivity index (χ2n) is 9.60. The van der Waals surface area contributed by atoms with Crippen LogP contribution >= 0.6 is 46.0 Å². The van der Waals surface area contributed by atoms with Crippen LogP contribution in [0.5, 0.6) is 11.5 Å². The first-order valence-corrected chi connectivity index (χ1v) is 16.4. The predicted molar refractivity (Wildman–Crippen MR) is 173 cm³/mol. The summed E-state index contributed by atoms with van der Waals surface area (Å²) in [6, 6.07) is 24.9. The number of aromatic nitrogens is 2. The minimum Gasteiger partial charge on any atom is -0.503 e. The summed E-state index contributed by atoms with van der Waals surface area (Å²) in [5.74, 6) is -0.269. The Balaban J connectivity index is 1.33. The average molecular weight is 662 g/mol. The number of nitrogens with zero attached hydrogens (tertiary/aromatic N) is 3. The van der Waals surface area contributed by atoms with Gasteiger partial charge in [0.05, 0.1) is 23.6 Å².